The third kappa shape index (κ3) is 23.4. The maximum absolute atomic E-state index is 12.5. The van der Waals surface area contributed by atoms with Crippen molar-refractivity contribution >= 4 is 35.2 Å². The summed E-state index contributed by atoms with van der Waals surface area (Å²) in [6, 6.07) is 44.1. The molecule has 2 aliphatic rings. The van der Waals surface area contributed by atoms with Crippen LogP contribution >= 0.6 is 0 Å². The van der Waals surface area contributed by atoms with E-state index >= 15 is 0 Å². The van der Waals surface area contributed by atoms with E-state index in [-0.39, 0.29) is 28.3 Å². The Bertz CT molecular complexity index is 6830. The summed E-state index contributed by atoms with van der Waals surface area (Å²) >= 11 is 0. The van der Waals surface area contributed by atoms with Gasteiger partial charge in [-0.15, -0.1) is 0 Å². The smallest absolute Gasteiger partial charge is 0.410 e. The second kappa shape index (κ2) is 40.1. The van der Waals surface area contributed by atoms with E-state index in [9.17, 15) is 24.0 Å². The van der Waals surface area contributed by atoms with Crippen molar-refractivity contribution in [2.75, 3.05) is 82.0 Å². The first-order chi connectivity index (χ1) is 62.3. The van der Waals surface area contributed by atoms with Crippen LogP contribution in [0.5, 0.6) is 0 Å². The van der Waals surface area contributed by atoms with E-state index in [2.05, 4.69) is 101 Å². The van der Waals surface area contributed by atoms with Crippen LogP contribution in [-0.2, 0) is 59.1 Å². The lowest BCUT2D eigenvalue weighted by Gasteiger charge is -2.36. The van der Waals surface area contributed by atoms with Crippen LogP contribution < -0.4 is 43.1 Å². The van der Waals surface area contributed by atoms with Gasteiger partial charge in [-0.2, -0.15) is 40.8 Å². The second-order valence-corrected chi connectivity index (χ2v) is 31.8. The Balaban J connectivity index is 0.000000133. The zero-order chi connectivity index (χ0) is 90.1. The van der Waals surface area contributed by atoms with Gasteiger partial charge in [-0.3, -0.25) is 37.9 Å². The van der Waals surface area contributed by atoms with E-state index < -0.39 is 5.60 Å². The van der Waals surface area contributed by atoms with E-state index in [4.69, 9.17) is 10.5 Å². The van der Waals surface area contributed by atoms with Crippen molar-refractivity contribution in [3.05, 3.63) is 308 Å². The molecule has 2 aliphatic heterocycles. The highest BCUT2D eigenvalue weighted by Crippen LogP contribution is 2.27. The number of carbonyl (C=O) groups excluding carboxylic acids is 1. The molecule has 0 spiro atoms. The molecule has 0 radical (unpaired) electrons. The average molecular weight is 1730 g/mol. The lowest BCUT2D eigenvalue weighted by Crippen LogP contribution is -2.50. The predicted octanol–water partition coefficient (Wildman–Crippen LogP) is 8.87. The van der Waals surface area contributed by atoms with E-state index in [1.165, 1.54) is 43.0 Å². The predicted molar refractivity (Wildman–Crippen MR) is 490 cm³/mol. The molecule has 2 saturated heterocycles. The summed E-state index contributed by atoms with van der Waals surface area (Å²) in [4.78, 5) is 110. The number of hydrogen-bond acceptors (Lipinski definition) is 27. The number of hydrogen-bond donors (Lipinski definition) is 2. The molecule has 2 fully saturated rings. The average Bonchev–Trinajstić information content (AvgIpc) is 1.03. The summed E-state index contributed by atoms with van der Waals surface area (Å²) in [5.41, 5.74) is 21.0. The van der Waals surface area contributed by atoms with Crippen molar-refractivity contribution < 1.29 is 9.53 Å². The van der Waals surface area contributed by atoms with Gasteiger partial charge in [0.15, 0.2) is 23.3 Å². The Labute approximate surface area is 740 Å². The van der Waals surface area contributed by atoms with Crippen LogP contribution in [-0.4, -0.2) is 212 Å². The first-order valence-corrected chi connectivity index (χ1v) is 41.5. The first-order valence-electron chi connectivity index (χ1n) is 41.5. The van der Waals surface area contributed by atoms with Crippen molar-refractivity contribution in [2.45, 2.75) is 52.6 Å². The number of benzene rings is 4. The Kier molecular flexibility index (Phi) is 27.2. The standard InChI is InChI=1S/C28H32N8O3.C23H24N8O.C22H22N8O.C19H17N7O/c1-28(2,3)39-27(38)35-12-10-34(11-13-35)23-16-29-26(30-17-23)21-7-5-6-20(14-21)18-36-25(37)9-8-24(32-36)22-15-31-33(4)19-22;1-29-16-19(12-27-29)21-5-6-22(32)31(28-21)15-17-3-2-4-18(11-17)23-25-13-20(14-26-23)30-9-7-24-8-10-30;1-28(2)15-25-19-11-23-22(24-12-19)17-6-4-5-16(9-17)13-30-21(31)8-7-20(27-30)18-10-26-29(3)14-18;1-25-12-15(8-23-25)17-5-6-18(27)26(24-17)11-13-3-2-4-14(7-13)19-21-9-16(20)10-22-19/h5-9,14-17,19H,10-13,18H2,1-4H3;2-6,11-14,16,24H,7-10,15H2,1H3;4-12,14-15H,13H2,1-3H3;2-10,12H,11,20H2,1H3. The molecular weight excluding hydrogens is 1640 g/mol. The fourth-order valence-electron chi connectivity index (χ4n) is 13.9. The van der Waals surface area contributed by atoms with Gasteiger partial charge >= 0.3 is 6.09 Å². The summed E-state index contributed by atoms with van der Waals surface area (Å²) in [7, 11) is 11.2. The van der Waals surface area contributed by atoms with Crippen molar-refractivity contribution in [1.82, 2.24) is 133 Å². The molecule has 1 amide bonds. The van der Waals surface area contributed by atoms with Crippen LogP contribution in [0.2, 0.25) is 0 Å². The number of nitrogen functional groups attached to an aromatic ring is 1. The number of rotatable bonds is 20. The number of piperazine rings is 2. The molecular formula is C92H95N31O6. The van der Waals surface area contributed by atoms with Gasteiger partial charge in [0.2, 0.25) is 0 Å². The monoisotopic (exact) mass is 1730 g/mol. The quantitative estimate of drug-likeness (QED) is 0.0531. The van der Waals surface area contributed by atoms with Crippen LogP contribution in [0.4, 0.5) is 27.5 Å². The Hall–Kier alpha value is -16.3. The minimum Gasteiger partial charge on any atom is -0.444 e. The van der Waals surface area contributed by atoms with E-state index in [0.29, 0.717) is 110 Å². The molecule has 0 aliphatic carbocycles. The van der Waals surface area contributed by atoms with Crippen molar-refractivity contribution in [3.8, 4) is 90.6 Å². The summed E-state index contributed by atoms with van der Waals surface area (Å²) in [5, 5.41) is 38.1. The van der Waals surface area contributed by atoms with Gasteiger partial charge in [0, 0.05) is 188 Å². The molecule has 0 saturated carbocycles. The first kappa shape index (κ1) is 87.6. The second-order valence-electron chi connectivity index (χ2n) is 31.8. The number of amides is 1. The molecule has 3 N–H and O–H groups in total. The molecule has 18 rings (SSSR count). The summed E-state index contributed by atoms with van der Waals surface area (Å²) in [6.45, 7) is 13.3. The molecule has 16 aromatic rings. The molecule has 0 atom stereocenters. The van der Waals surface area contributed by atoms with Gasteiger partial charge in [0.1, 0.15) is 11.3 Å². The Morgan fingerprint density at radius 2 is 0.705 bits per heavy atom. The number of aryl methyl sites for hydroxylation is 4. The SMILES string of the molecule is CN(C)C=Nc1cnc(-c2cccc(Cn3nc(-c4cnn(C)c4)ccc3=O)c2)nc1.Cn1cc(-c2ccc(=O)n(Cc3cccc(-c4ncc(N)cn4)c3)n2)cn1.Cn1cc(-c2ccc(=O)n(Cc3cccc(-c4ncc(N5CCN(C(=O)OC(C)(C)C)CC5)cn4)c3)n2)cn1.Cn1cc(-c2ccc(=O)n(Cc3cccc(-c4ncc(N5CCNCC5)cn4)c3)n2)cn1. The van der Waals surface area contributed by atoms with Gasteiger partial charge in [0.05, 0.1) is 147 Å². The van der Waals surface area contributed by atoms with E-state index in [1.54, 1.807) is 104 Å². The number of nitrogens with zero attached hydrogens (tertiary/aromatic N) is 29. The van der Waals surface area contributed by atoms with Crippen molar-refractivity contribution in [2.24, 2.45) is 33.2 Å². The minimum atomic E-state index is -0.508. The number of aliphatic imine (C=N–C) groups is 1. The molecule has 129 heavy (non-hydrogen) atoms. The van der Waals surface area contributed by atoms with Crippen LogP contribution in [0.15, 0.2) is 269 Å². The summed E-state index contributed by atoms with van der Waals surface area (Å²) in [5.74, 6) is 2.43. The zero-order valence-corrected chi connectivity index (χ0v) is 72.7. The third-order valence-electron chi connectivity index (χ3n) is 20.3. The number of aromatic nitrogens is 24. The topological polar surface area (TPSA) is 404 Å². The molecule has 14 heterocycles. The number of nitrogens with one attached hydrogen (secondary N) is 1. The van der Waals surface area contributed by atoms with Crippen LogP contribution in [0, 0.1) is 0 Å². The third-order valence-corrected chi connectivity index (χ3v) is 20.3. The molecule has 4 aromatic carbocycles. The highest BCUT2D eigenvalue weighted by molar-refractivity contribution is 5.69. The van der Waals surface area contributed by atoms with Crippen LogP contribution in [0.25, 0.3) is 90.6 Å². The lowest BCUT2D eigenvalue weighted by atomic mass is 10.1. The molecule has 37 nitrogen and oxygen atoms in total. The maximum atomic E-state index is 12.5. The molecule has 654 valence electrons. The van der Waals surface area contributed by atoms with Crippen LogP contribution in [0.3, 0.4) is 0 Å². The number of carbonyl (C=O) groups is 1. The molecule has 12 aromatic heterocycles. The van der Waals surface area contributed by atoms with Crippen LogP contribution in [0.1, 0.15) is 43.0 Å². The highest BCUT2D eigenvalue weighted by Gasteiger charge is 2.27. The molecule has 0 bridgehead atoms. The van der Waals surface area contributed by atoms with Gasteiger partial charge in [-0.1, -0.05) is 72.8 Å². The Morgan fingerprint density at radius 3 is 1.00 bits per heavy atom. The van der Waals surface area contributed by atoms with Gasteiger partial charge < -0.3 is 35.4 Å². The normalized spacial score (nSPS) is 12.6. The highest BCUT2D eigenvalue weighted by atomic mass is 16.6. The zero-order valence-electron chi connectivity index (χ0n) is 72.7. The summed E-state index contributed by atoms with van der Waals surface area (Å²) < 4.78 is 18.1. The van der Waals surface area contributed by atoms with Crippen molar-refractivity contribution in [1.29, 1.82) is 0 Å². The molecule has 37 heteroatoms. The number of anilines is 3. The largest absolute Gasteiger partial charge is 0.444 e. The molecule has 0 unspecified atom stereocenters. The fraction of sp³-hybridized carbons (Fsp3) is 0.239. The number of ether oxygens (including phenoxy) is 1. The van der Waals surface area contributed by atoms with Crippen molar-refractivity contribution in [3.63, 3.8) is 0 Å². The van der Waals surface area contributed by atoms with Gasteiger partial charge in [-0.25, -0.2) is 68.4 Å². The van der Waals surface area contributed by atoms with E-state index in [0.717, 1.165) is 104 Å². The summed E-state index contributed by atoms with van der Waals surface area (Å²) in [6.07, 6.45) is 29.6. The number of nitrogens with two attached hydrogens (primary N) is 1. The van der Waals surface area contributed by atoms with Gasteiger partial charge in [0.25, 0.3) is 22.2 Å². The Morgan fingerprint density at radius 1 is 0.403 bits per heavy atom. The fourth-order valence-corrected chi connectivity index (χ4v) is 13.9. The minimum absolute atomic E-state index is 0.153. The lowest BCUT2D eigenvalue weighted by molar-refractivity contribution is 0.0240. The van der Waals surface area contributed by atoms with Gasteiger partial charge in [-0.05, 0) is 91.6 Å². The van der Waals surface area contributed by atoms with E-state index in [1.807, 2.05) is 215 Å². The maximum Gasteiger partial charge on any atom is 0.410 e.